The van der Waals surface area contributed by atoms with Gasteiger partial charge in [-0.25, -0.2) is 9.18 Å². The number of rotatable bonds is 3. The Kier molecular flexibility index (Phi) is 3.40. The van der Waals surface area contributed by atoms with Crippen LogP contribution >= 0.6 is 15.9 Å². The highest BCUT2D eigenvalue weighted by Crippen LogP contribution is 2.22. The van der Waals surface area contributed by atoms with Crippen molar-refractivity contribution in [1.29, 1.82) is 0 Å². The lowest BCUT2D eigenvalue weighted by Gasteiger charge is -2.07. The molecule has 0 saturated carbocycles. The van der Waals surface area contributed by atoms with Crippen molar-refractivity contribution >= 4 is 21.9 Å². The Balaban J connectivity index is 2.82. The van der Waals surface area contributed by atoms with Gasteiger partial charge < -0.3 is 9.84 Å². The van der Waals surface area contributed by atoms with Crippen molar-refractivity contribution in [1.82, 2.24) is 0 Å². The van der Waals surface area contributed by atoms with Crippen LogP contribution < -0.4 is 4.74 Å². The third-order valence-electron chi connectivity index (χ3n) is 1.32. The molecular weight excluding hydrogens is 262 g/mol. The largest absolute Gasteiger partial charge is 0.476 e. The van der Waals surface area contributed by atoms with Crippen LogP contribution in [0.5, 0.6) is 5.75 Å². The van der Waals surface area contributed by atoms with Crippen molar-refractivity contribution in [3.05, 3.63) is 28.5 Å². The van der Waals surface area contributed by atoms with Gasteiger partial charge in [-0.3, -0.25) is 0 Å². The van der Waals surface area contributed by atoms with Gasteiger partial charge in [0.05, 0.1) is 0 Å². The number of benzene rings is 1. The third kappa shape index (κ3) is 2.66. The lowest BCUT2D eigenvalue weighted by molar-refractivity contribution is -0.153. The van der Waals surface area contributed by atoms with Gasteiger partial charge in [0.1, 0.15) is 0 Å². The van der Waals surface area contributed by atoms with Crippen molar-refractivity contribution in [2.24, 2.45) is 0 Å². The Hall–Kier alpha value is -1.17. The fourth-order valence-corrected chi connectivity index (χ4v) is 1.07. The van der Waals surface area contributed by atoms with E-state index >= 15 is 0 Å². The van der Waals surface area contributed by atoms with E-state index in [0.29, 0.717) is 4.47 Å². The maximum Gasteiger partial charge on any atom is 0.378 e. The molecule has 14 heavy (non-hydrogen) atoms. The van der Waals surface area contributed by atoms with E-state index in [0.717, 1.165) is 12.1 Å². The van der Waals surface area contributed by atoms with E-state index in [1.165, 1.54) is 6.07 Å². The van der Waals surface area contributed by atoms with Gasteiger partial charge in [0.2, 0.25) is 0 Å². The predicted octanol–water partition coefficient (Wildman–Crippen LogP) is 2.35. The molecule has 0 aliphatic carbocycles. The average molecular weight is 267 g/mol. The van der Waals surface area contributed by atoms with Crippen LogP contribution in [0.2, 0.25) is 0 Å². The number of aliphatic carboxylic acids is 1. The Morgan fingerprint density at radius 3 is 2.71 bits per heavy atom. The monoisotopic (exact) mass is 266 g/mol. The number of halogens is 3. The first-order chi connectivity index (χ1) is 6.50. The molecule has 0 aliphatic heterocycles. The SMILES string of the molecule is O=C(O)C(F)Oc1ccc(Br)cc1F. The lowest BCUT2D eigenvalue weighted by Crippen LogP contribution is -2.21. The minimum Gasteiger partial charge on any atom is -0.476 e. The number of alkyl halides is 1. The Morgan fingerprint density at radius 1 is 1.57 bits per heavy atom. The van der Waals surface area contributed by atoms with Crippen LogP contribution in [-0.2, 0) is 4.79 Å². The molecule has 0 radical (unpaired) electrons. The average Bonchev–Trinajstić information content (AvgIpc) is 2.09. The molecule has 0 aliphatic rings. The Labute approximate surface area is 86.4 Å². The van der Waals surface area contributed by atoms with Crippen LogP contribution in [0.4, 0.5) is 8.78 Å². The molecule has 3 nitrogen and oxygen atoms in total. The highest BCUT2D eigenvalue weighted by molar-refractivity contribution is 9.10. The van der Waals surface area contributed by atoms with E-state index in [1.807, 2.05) is 0 Å². The molecule has 1 unspecified atom stereocenters. The number of carboxylic acid groups (broad SMARTS) is 1. The van der Waals surface area contributed by atoms with Gasteiger partial charge >= 0.3 is 12.3 Å². The minimum absolute atomic E-state index is 0.442. The number of carboxylic acids is 1. The molecule has 0 heterocycles. The normalized spacial score (nSPS) is 12.2. The molecule has 0 bridgehead atoms. The maximum atomic E-state index is 13.0. The van der Waals surface area contributed by atoms with Crippen LogP contribution in [0, 0.1) is 5.82 Å². The summed E-state index contributed by atoms with van der Waals surface area (Å²) in [4.78, 5) is 10.1. The fraction of sp³-hybridized carbons (Fsp3) is 0.125. The number of hydrogen-bond donors (Lipinski definition) is 1. The van der Waals surface area contributed by atoms with Gasteiger partial charge in [0, 0.05) is 4.47 Å². The van der Waals surface area contributed by atoms with E-state index in [1.54, 1.807) is 0 Å². The summed E-state index contributed by atoms with van der Waals surface area (Å²) in [6, 6.07) is 3.59. The second-order valence-electron chi connectivity index (χ2n) is 2.35. The van der Waals surface area contributed by atoms with E-state index in [9.17, 15) is 13.6 Å². The highest BCUT2D eigenvalue weighted by atomic mass is 79.9. The van der Waals surface area contributed by atoms with Crippen LogP contribution in [0.3, 0.4) is 0 Å². The summed E-state index contributed by atoms with van der Waals surface area (Å²) in [5, 5.41) is 8.16. The van der Waals surface area contributed by atoms with E-state index < -0.39 is 23.9 Å². The quantitative estimate of drug-likeness (QED) is 0.914. The molecule has 76 valence electrons. The van der Waals surface area contributed by atoms with Gasteiger partial charge in [-0.2, -0.15) is 4.39 Å². The zero-order chi connectivity index (χ0) is 10.7. The van der Waals surface area contributed by atoms with Crippen molar-refractivity contribution < 1.29 is 23.4 Å². The summed E-state index contributed by atoms with van der Waals surface area (Å²) in [5.41, 5.74) is 0. The van der Waals surface area contributed by atoms with Crippen molar-refractivity contribution in [3.8, 4) is 5.75 Å². The zero-order valence-corrected chi connectivity index (χ0v) is 8.29. The smallest absolute Gasteiger partial charge is 0.378 e. The summed E-state index contributed by atoms with van der Waals surface area (Å²) < 4.78 is 30.1. The van der Waals surface area contributed by atoms with Crippen LogP contribution in [0.15, 0.2) is 22.7 Å². The molecule has 6 heteroatoms. The standard InChI is InChI=1S/C8H5BrF2O3/c9-4-1-2-6(5(10)3-4)14-7(11)8(12)13/h1-3,7H,(H,12,13). The van der Waals surface area contributed by atoms with Crippen molar-refractivity contribution in [2.45, 2.75) is 6.36 Å². The Morgan fingerprint density at radius 2 is 2.21 bits per heavy atom. The van der Waals surface area contributed by atoms with Crippen LogP contribution in [0.1, 0.15) is 0 Å². The first-order valence-electron chi connectivity index (χ1n) is 3.49. The van der Waals surface area contributed by atoms with Crippen LogP contribution in [0.25, 0.3) is 0 Å². The van der Waals surface area contributed by atoms with Gasteiger partial charge in [-0.1, -0.05) is 15.9 Å². The number of carbonyl (C=O) groups is 1. The summed E-state index contributed by atoms with van der Waals surface area (Å²) in [6.45, 7) is 0. The summed E-state index contributed by atoms with van der Waals surface area (Å²) in [7, 11) is 0. The summed E-state index contributed by atoms with van der Waals surface area (Å²) in [6.07, 6.45) is -2.56. The van der Waals surface area contributed by atoms with E-state index in [-0.39, 0.29) is 0 Å². The van der Waals surface area contributed by atoms with Gasteiger partial charge in [-0.05, 0) is 18.2 Å². The predicted molar refractivity (Wildman–Crippen MR) is 47.3 cm³/mol. The topological polar surface area (TPSA) is 46.5 Å². The second-order valence-corrected chi connectivity index (χ2v) is 3.26. The van der Waals surface area contributed by atoms with E-state index in [4.69, 9.17) is 5.11 Å². The first kappa shape index (κ1) is 10.9. The van der Waals surface area contributed by atoms with Gasteiger partial charge in [-0.15, -0.1) is 0 Å². The molecule has 1 rings (SSSR count). The summed E-state index contributed by atoms with van der Waals surface area (Å²) in [5.74, 6) is -3.07. The van der Waals surface area contributed by atoms with E-state index in [2.05, 4.69) is 20.7 Å². The molecule has 0 amide bonds. The first-order valence-corrected chi connectivity index (χ1v) is 4.28. The Bertz CT molecular complexity index is 356. The molecule has 1 N–H and O–H groups in total. The minimum atomic E-state index is -2.56. The zero-order valence-electron chi connectivity index (χ0n) is 6.71. The number of hydrogen-bond acceptors (Lipinski definition) is 2. The third-order valence-corrected chi connectivity index (χ3v) is 1.81. The molecule has 0 spiro atoms. The molecule has 0 saturated heterocycles. The highest BCUT2D eigenvalue weighted by Gasteiger charge is 2.19. The molecule has 1 aromatic carbocycles. The summed E-state index contributed by atoms with van der Waals surface area (Å²) >= 11 is 2.99. The maximum absolute atomic E-state index is 13.0. The second kappa shape index (κ2) is 4.36. The van der Waals surface area contributed by atoms with Crippen molar-refractivity contribution in [2.75, 3.05) is 0 Å². The van der Waals surface area contributed by atoms with Gasteiger partial charge in [0.25, 0.3) is 0 Å². The molecule has 1 aromatic rings. The molecular formula is C8H5BrF2O3. The molecule has 1 atom stereocenters. The lowest BCUT2D eigenvalue weighted by atomic mass is 10.3. The van der Waals surface area contributed by atoms with Crippen LogP contribution in [-0.4, -0.2) is 17.4 Å². The van der Waals surface area contributed by atoms with Crippen molar-refractivity contribution in [3.63, 3.8) is 0 Å². The fourth-order valence-electron chi connectivity index (χ4n) is 0.733. The molecule has 0 fully saturated rings. The molecule has 0 aromatic heterocycles. The van der Waals surface area contributed by atoms with Gasteiger partial charge in [0.15, 0.2) is 11.6 Å². The number of ether oxygens (including phenoxy) is 1.